The minimum atomic E-state index is -0.311. The van der Waals surface area contributed by atoms with Crippen molar-refractivity contribution >= 4 is 17.6 Å². The van der Waals surface area contributed by atoms with Gasteiger partial charge in [0.25, 0.3) is 0 Å². The van der Waals surface area contributed by atoms with Crippen molar-refractivity contribution in [1.82, 2.24) is 0 Å². The molecule has 136 valence electrons. The molecule has 0 fully saturated rings. The number of nitrogens with zero attached hydrogens (tertiary/aromatic N) is 1. The number of nitrogens with one attached hydrogen (secondary N) is 1. The maximum atomic E-state index is 12.6. The Balaban J connectivity index is 1.68. The second kappa shape index (κ2) is 8.67. The average molecular weight is 359 g/mol. The minimum Gasteiger partial charge on any atom is -0.489 e. The van der Waals surface area contributed by atoms with Gasteiger partial charge in [-0.15, -0.1) is 0 Å². The molecule has 0 aliphatic carbocycles. The van der Waals surface area contributed by atoms with Gasteiger partial charge in [-0.3, -0.25) is 15.1 Å². The predicted octanol–water partition coefficient (Wildman–Crippen LogP) is 3.73. The Morgan fingerprint density at radius 2 is 1.41 bits per heavy atom. The lowest BCUT2D eigenvalue weighted by molar-refractivity contribution is -0.117. The topological polar surface area (TPSA) is 79.4 Å². The smallest absolute Gasteiger partial charge is 0.238 e. The highest BCUT2D eigenvalue weighted by Gasteiger charge is 2.19. The van der Waals surface area contributed by atoms with Crippen molar-refractivity contribution in [2.75, 3.05) is 4.90 Å². The predicted molar refractivity (Wildman–Crippen MR) is 107 cm³/mol. The van der Waals surface area contributed by atoms with E-state index in [0.29, 0.717) is 18.0 Å². The van der Waals surface area contributed by atoms with Gasteiger partial charge < -0.3 is 10.5 Å². The van der Waals surface area contributed by atoms with E-state index in [1.807, 2.05) is 60.7 Å². The van der Waals surface area contributed by atoms with E-state index >= 15 is 0 Å². The standard InChI is InChI=1S/C22H21N3O2/c23-22(24)25(21(26)15-17-7-3-1-4-8-17)19-11-13-20(14-12-19)27-16-18-9-5-2-6-10-18/h1-14H,15-16H2,(H3,23,24). The maximum Gasteiger partial charge on any atom is 0.238 e. The number of hydrogen-bond acceptors (Lipinski definition) is 3. The van der Waals surface area contributed by atoms with E-state index in [0.717, 1.165) is 11.1 Å². The molecule has 0 spiro atoms. The molecule has 3 aromatic carbocycles. The number of ether oxygens (including phenoxy) is 1. The highest BCUT2D eigenvalue weighted by molar-refractivity contribution is 6.15. The van der Waals surface area contributed by atoms with Crippen LogP contribution in [0.15, 0.2) is 84.9 Å². The van der Waals surface area contributed by atoms with E-state index in [1.165, 1.54) is 4.90 Å². The Kier molecular flexibility index (Phi) is 5.84. The van der Waals surface area contributed by atoms with Gasteiger partial charge in [-0.05, 0) is 35.4 Å². The molecule has 0 unspecified atom stereocenters. The molecule has 0 aromatic heterocycles. The van der Waals surface area contributed by atoms with Crippen molar-refractivity contribution in [3.05, 3.63) is 96.1 Å². The SMILES string of the molecule is N=C(N)N(C(=O)Cc1ccccc1)c1ccc(OCc2ccccc2)cc1. The number of carbonyl (C=O) groups is 1. The fraction of sp³-hybridized carbons (Fsp3) is 0.0909. The zero-order valence-electron chi connectivity index (χ0n) is 14.8. The Morgan fingerprint density at radius 1 is 0.852 bits per heavy atom. The number of guanidine groups is 1. The largest absolute Gasteiger partial charge is 0.489 e. The third kappa shape index (κ3) is 4.95. The molecule has 1 amide bonds. The zero-order valence-corrected chi connectivity index (χ0v) is 14.8. The summed E-state index contributed by atoms with van der Waals surface area (Å²) in [6.45, 7) is 0.462. The molecule has 0 radical (unpaired) electrons. The van der Waals surface area contributed by atoms with Crippen molar-refractivity contribution in [2.45, 2.75) is 13.0 Å². The number of rotatable bonds is 6. The molecular formula is C22H21N3O2. The molecule has 3 aromatic rings. The van der Waals surface area contributed by atoms with Gasteiger partial charge in [0.1, 0.15) is 12.4 Å². The molecule has 0 saturated carbocycles. The van der Waals surface area contributed by atoms with E-state index in [9.17, 15) is 4.79 Å². The summed E-state index contributed by atoms with van der Waals surface area (Å²) < 4.78 is 5.76. The first-order valence-electron chi connectivity index (χ1n) is 8.61. The van der Waals surface area contributed by atoms with E-state index in [1.54, 1.807) is 24.3 Å². The summed E-state index contributed by atoms with van der Waals surface area (Å²) in [5.41, 5.74) is 8.14. The van der Waals surface area contributed by atoms with Crippen molar-refractivity contribution < 1.29 is 9.53 Å². The summed E-state index contributed by atoms with van der Waals surface area (Å²) in [6, 6.07) is 26.2. The second-order valence-corrected chi connectivity index (χ2v) is 6.04. The first-order valence-corrected chi connectivity index (χ1v) is 8.61. The Morgan fingerprint density at radius 3 is 1.96 bits per heavy atom. The molecule has 0 aliphatic rings. The lowest BCUT2D eigenvalue weighted by Crippen LogP contribution is -2.42. The zero-order chi connectivity index (χ0) is 19.1. The molecular weight excluding hydrogens is 338 g/mol. The number of anilines is 1. The van der Waals surface area contributed by atoms with E-state index < -0.39 is 0 Å². The van der Waals surface area contributed by atoms with Crippen LogP contribution in [-0.2, 0) is 17.8 Å². The first kappa shape index (κ1) is 18.2. The number of nitrogens with two attached hydrogens (primary N) is 1. The van der Waals surface area contributed by atoms with Crippen molar-refractivity contribution in [2.24, 2.45) is 5.73 Å². The van der Waals surface area contributed by atoms with Gasteiger partial charge in [-0.1, -0.05) is 60.7 Å². The average Bonchev–Trinajstić information content (AvgIpc) is 2.69. The van der Waals surface area contributed by atoms with E-state index in [4.69, 9.17) is 15.9 Å². The van der Waals surface area contributed by atoms with Crippen LogP contribution in [0.3, 0.4) is 0 Å². The van der Waals surface area contributed by atoms with E-state index in [-0.39, 0.29) is 18.3 Å². The van der Waals surface area contributed by atoms with Crippen LogP contribution in [0, 0.1) is 5.41 Å². The van der Waals surface area contributed by atoms with Crippen LogP contribution in [-0.4, -0.2) is 11.9 Å². The lowest BCUT2D eigenvalue weighted by Gasteiger charge is -2.21. The van der Waals surface area contributed by atoms with E-state index in [2.05, 4.69) is 0 Å². The Labute approximate surface area is 158 Å². The molecule has 0 bridgehead atoms. The van der Waals surface area contributed by atoms with Crippen LogP contribution in [0.4, 0.5) is 5.69 Å². The Bertz CT molecular complexity index is 894. The normalized spacial score (nSPS) is 10.2. The van der Waals surface area contributed by atoms with Crippen molar-refractivity contribution in [3.63, 3.8) is 0 Å². The summed E-state index contributed by atoms with van der Waals surface area (Å²) in [5, 5.41) is 7.78. The third-order valence-electron chi connectivity index (χ3n) is 4.03. The number of amides is 1. The maximum absolute atomic E-state index is 12.6. The van der Waals surface area contributed by atoms with Crippen LogP contribution in [0.25, 0.3) is 0 Å². The second-order valence-electron chi connectivity index (χ2n) is 6.04. The molecule has 0 heterocycles. The van der Waals surface area contributed by atoms with Crippen LogP contribution in [0.5, 0.6) is 5.75 Å². The molecule has 3 rings (SSSR count). The molecule has 5 nitrogen and oxygen atoms in total. The summed E-state index contributed by atoms with van der Waals surface area (Å²) in [4.78, 5) is 13.8. The van der Waals surface area contributed by atoms with Crippen molar-refractivity contribution in [1.29, 1.82) is 5.41 Å². The summed E-state index contributed by atoms with van der Waals surface area (Å²) in [6.07, 6.45) is 0.173. The highest BCUT2D eigenvalue weighted by atomic mass is 16.5. The molecule has 5 heteroatoms. The fourth-order valence-corrected chi connectivity index (χ4v) is 2.70. The van der Waals surface area contributed by atoms with Crippen molar-refractivity contribution in [3.8, 4) is 5.75 Å². The van der Waals surface area contributed by atoms with Crippen LogP contribution >= 0.6 is 0 Å². The highest BCUT2D eigenvalue weighted by Crippen LogP contribution is 2.21. The molecule has 3 N–H and O–H groups in total. The monoisotopic (exact) mass is 359 g/mol. The van der Waals surface area contributed by atoms with Gasteiger partial charge in [0.15, 0.2) is 5.96 Å². The molecule has 0 aliphatic heterocycles. The minimum absolute atomic E-state index is 0.173. The van der Waals surface area contributed by atoms with Gasteiger partial charge in [-0.25, -0.2) is 0 Å². The van der Waals surface area contributed by atoms with Crippen LogP contribution in [0.1, 0.15) is 11.1 Å². The summed E-state index contributed by atoms with van der Waals surface area (Å²) in [7, 11) is 0. The lowest BCUT2D eigenvalue weighted by atomic mass is 10.1. The summed E-state index contributed by atoms with van der Waals surface area (Å²) in [5.74, 6) is 0.113. The van der Waals surface area contributed by atoms with Gasteiger partial charge >= 0.3 is 0 Å². The molecule has 0 saturated heterocycles. The fourth-order valence-electron chi connectivity index (χ4n) is 2.70. The van der Waals surface area contributed by atoms with Gasteiger partial charge in [-0.2, -0.15) is 0 Å². The Hall–Kier alpha value is -3.60. The molecule has 0 atom stereocenters. The number of benzene rings is 3. The summed E-state index contributed by atoms with van der Waals surface area (Å²) >= 11 is 0. The number of carbonyl (C=O) groups excluding carboxylic acids is 1. The van der Waals surface area contributed by atoms with Gasteiger partial charge in [0.2, 0.25) is 5.91 Å². The number of hydrogen-bond donors (Lipinski definition) is 2. The van der Waals surface area contributed by atoms with Gasteiger partial charge in [0, 0.05) is 0 Å². The third-order valence-corrected chi connectivity index (χ3v) is 4.03. The quantitative estimate of drug-likeness (QED) is 0.520. The molecule has 27 heavy (non-hydrogen) atoms. The van der Waals surface area contributed by atoms with Crippen LogP contribution in [0.2, 0.25) is 0 Å². The first-order chi connectivity index (χ1) is 13.1. The van der Waals surface area contributed by atoms with Crippen LogP contribution < -0.4 is 15.4 Å². The van der Waals surface area contributed by atoms with Gasteiger partial charge in [0.05, 0.1) is 12.1 Å².